The number of nitrogens with one attached hydrogen (secondary N) is 2. The SMILES string of the molecule is CN=C(NCCN1CCOCC1)NCc1ccc(Cl)nc1.I. The van der Waals surface area contributed by atoms with Gasteiger partial charge in [0, 0.05) is 46.0 Å². The van der Waals surface area contributed by atoms with Gasteiger partial charge in [0.1, 0.15) is 5.15 Å². The second kappa shape index (κ2) is 11.0. The molecule has 1 saturated heterocycles. The Morgan fingerprint density at radius 3 is 2.77 bits per heavy atom. The summed E-state index contributed by atoms with van der Waals surface area (Å²) in [6, 6.07) is 3.73. The highest BCUT2D eigenvalue weighted by Crippen LogP contribution is 2.04. The van der Waals surface area contributed by atoms with E-state index in [1.54, 1.807) is 19.3 Å². The molecule has 0 bridgehead atoms. The van der Waals surface area contributed by atoms with E-state index in [9.17, 15) is 0 Å². The average Bonchev–Trinajstić information content (AvgIpc) is 2.53. The molecule has 0 atom stereocenters. The molecule has 8 heteroatoms. The van der Waals surface area contributed by atoms with E-state index in [1.807, 2.05) is 6.07 Å². The van der Waals surface area contributed by atoms with Crippen molar-refractivity contribution in [2.24, 2.45) is 4.99 Å². The number of guanidine groups is 1. The van der Waals surface area contributed by atoms with Crippen molar-refractivity contribution < 1.29 is 4.74 Å². The molecule has 0 aromatic carbocycles. The summed E-state index contributed by atoms with van der Waals surface area (Å²) in [5.74, 6) is 0.790. The minimum Gasteiger partial charge on any atom is -0.379 e. The third kappa shape index (κ3) is 7.08. The molecule has 0 saturated carbocycles. The molecule has 2 rings (SSSR count). The quantitative estimate of drug-likeness (QED) is 0.314. The molecule has 1 aliphatic rings. The summed E-state index contributed by atoms with van der Waals surface area (Å²) in [5, 5.41) is 7.07. The summed E-state index contributed by atoms with van der Waals surface area (Å²) in [6.45, 7) is 6.19. The Balaban J connectivity index is 0.00000242. The maximum atomic E-state index is 5.76. The van der Waals surface area contributed by atoms with Gasteiger partial charge in [0.05, 0.1) is 13.2 Å². The molecule has 6 nitrogen and oxygen atoms in total. The van der Waals surface area contributed by atoms with E-state index in [1.165, 1.54) is 0 Å². The molecule has 1 aromatic rings. The van der Waals surface area contributed by atoms with Gasteiger partial charge in [-0.3, -0.25) is 9.89 Å². The van der Waals surface area contributed by atoms with Gasteiger partial charge in [-0.25, -0.2) is 4.98 Å². The van der Waals surface area contributed by atoms with Gasteiger partial charge in [-0.15, -0.1) is 24.0 Å². The van der Waals surface area contributed by atoms with Crippen LogP contribution in [0.15, 0.2) is 23.3 Å². The van der Waals surface area contributed by atoms with E-state index >= 15 is 0 Å². The Hall–Kier alpha value is -0.640. The Morgan fingerprint density at radius 1 is 1.36 bits per heavy atom. The Morgan fingerprint density at radius 2 is 2.14 bits per heavy atom. The molecule has 0 spiro atoms. The van der Waals surface area contributed by atoms with E-state index in [4.69, 9.17) is 16.3 Å². The lowest BCUT2D eigenvalue weighted by Gasteiger charge is -2.26. The van der Waals surface area contributed by atoms with E-state index in [0.29, 0.717) is 11.7 Å². The molecule has 2 heterocycles. The number of ether oxygens (including phenoxy) is 1. The standard InChI is InChI=1S/C14H22ClN5O.HI/c1-16-14(17-4-5-20-6-8-21-9-7-20)19-11-12-2-3-13(15)18-10-12;/h2-3,10H,4-9,11H2,1H3,(H2,16,17,19);1H. The second-order valence-electron chi connectivity index (χ2n) is 4.80. The first-order valence-corrected chi connectivity index (χ1v) is 7.51. The number of rotatable bonds is 5. The lowest BCUT2D eigenvalue weighted by Crippen LogP contribution is -2.44. The van der Waals surface area contributed by atoms with E-state index < -0.39 is 0 Å². The van der Waals surface area contributed by atoms with Gasteiger partial charge >= 0.3 is 0 Å². The minimum atomic E-state index is 0. The van der Waals surface area contributed by atoms with Crippen molar-refractivity contribution in [1.29, 1.82) is 0 Å². The van der Waals surface area contributed by atoms with Crippen LogP contribution in [0.4, 0.5) is 0 Å². The van der Waals surface area contributed by atoms with E-state index in [2.05, 4.69) is 25.5 Å². The summed E-state index contributed by atoms with van der Waals surface area (Å²) in [4.78, 5) is 10.6. The van der Waals surface area contributed by atoms with Crippen LogP contribution >= 0.6 is 35.6 Å². The van der Waals surface area contributed by atoms with Crippen LogP contribution in [0.2, 0.25) is 5.15 Å². The van der Waals surface area contributed by atoms with Crippen molar-refractivity contribution in [3.8, 4) is 0 Å². The fourth-order valence-electron chi connectivity index (χ4n) is 2.07. The number of hydrogen-bond donors (Lipinski definition) is 2. The van der Waals surface area contributed by atoms with Crippen LogP contribution in [0.3, 0.4) is 0 Å². The van der Waals surface area contributed by atoms with Gasteiger partial charge in [-0.1, -0.05) is 17.7 Å². The smallest absolute Gasteiger partial charge is 0.191 e. The average molecular weight is 440 g/mol. The highest BCUT2D eigenvalue weighted by molar-refractivity contribution is 14.0. The summed E-state index contributed by atoms with van der Waals surface area (Å²) >= 11 is 5.76. The monoisotopic (exact) mass is 439 g/mol. The van der Waals surface area contributed by atoms with Crippen molar-refractivity contribution in [2.45, 2.75) is 6.54 Å². The Kier molecular flexibility index (Phi) is 9.69. The van der Waals surface area contributed by atoms with Crippen molar-refractivity contribution in [3.05, 3.63) is 29.0 Å². The van der Waals surface area contributed by atoms with Gasteiger partial charge in [0.25, 0.3) is 0 Å². The predicted molar refractivity (Wildman–Crippen MR) is 100 cm³/mol. The minimum absolute atomic E-state index is 0. The summed E-state index contributed by atoms with van der Waals surface area (Å²) in [5.41, 5.74) is 1.07. The summed E-state index contributed by atoms with van der Waals surface area (Å²) in [7, 11) is 1.77. The Labute approximate surface area is 153 Å². The zero-order valence-corrected chi connectivity index (χ0v) is 15.8. The van der Waals surface area contributed by atoms with E-state index in [-0.39, 0.29) is 24.0 Å². The lowest BCUT2D eigenvalue weighted by atomic mass is 10.3. The molecule has 2 N–H and O–H groups in total. The number of pyridine rings is 1. The van der Waals surface area contributed by atoms with Gasteiger partial charge in [0.2, 0.25) is 0 Å². The zero-order chi connectivity index (χ0) is 14.9. The number of hydrogen-bond acceptors (Lipinski definition) is 4. The largest absolute Gasteiger partial charge is 0.379 e. The number of aliphatic imine (C=N–C) groups is 1. The fraction of sp³-hybridized carbons (Fsp3) is 0.571. The molecular weight excluding hydrogens is 417 g/mol. The van der Waals surface area contributed by atoms with Crippen LogP contribution in [0, 0.1) is 0 Å². The topological polar surface area (TPSA) is 61.8 Å². The van der Waals surface area contributed by atoms with Crippen LogP contribution in [0.1, 0.15) is 5.56 Å². The van der Waals surface area contributed by atoms with Crippen LogP contribution in [-0.4, -0.2) is 62.3 Å². The third-order valence-electron chi connectivity index (χ3n) is 3.30. The fourth-order valence-corrected chi connectivity index (χ4v) is 2.19. The number of nitrogens with zero attached hydrogens (tertiary/aromatic N) is 3. The second-order valence-corrected chi connectivity index (χ2v) is 5.18. The molecular formula is C14H23ClIN5O. The first-order chi connectivity index (χ1) is 10.3. The molecule has 0 aliphatic carbocycles. The normalized spacial score (nSPS) is 16.0. The molecule has 0 amide bonds. The molecule has 1 aromatic heterocycles. The molecule has 1 aliphatic heterocycles. The zero-order valence-electron chi connectivity index (χ0n) is 12.7. The molecule has 124 valence electrons. The highest BCUT2D eigenvalue weighted by atomic mass is 127. The lowest BCUT2D eigenvalue weighted by molar-refractivity contribution is 0.0389. The Bertz CT molecular complexity index is 451. The molecule has 0 radical (unpaired) electrons. The van der Waals surface area contributed by atoms with Crippen molar-refractivity contribution in [1.82, 2.24) is 20.5 Å². The van der Waals surface area contributed by atoms with Crippen molar-refractivity contribution in [2.75, 3.05) is 46.4 Å². The molecule has 22 heavy (non-hydrogen) atoms. The van der Waals surface area contributed by atoms with Crippen molar-refractivity contribution in [3.63, 3.8) is 0 Å². The van der Waals surface area contributed by atoms with Gasteiger partial charge < -0.3 is 15.4 Å². The van der Waals surface area contributed by atoms with Gasteiger partial charge in [-0.05, 0) is 11.6 Å². The first-order valence-electron chi connectivity index (χ1n) is 7.13. The summed E-state index contributed by atoms with van der Waals surface area (Å²) in [6.07, 6.45) is 1.76. The highest BCUT2D eigenvalue weighted by Gasteiger charge is 2.09. The molecule has 1 fully saturated rings. The van der Waals surface area contributed by atoms with Crippen molar-refractivity contribution >= 4 is 41.5 Å². The van der Waals surface area contributed by atoms with Crippen LogP contribution in [0.25, 0.3) is 0 Å². The number of aromatic nitrogens is 1. The van der Waals surface area contributed by atoms with Gasteiger partial charge in [-0.2, -0.15) is 0 Å². The van der Waals surface area contributed by atoms with Crippen LogP contribution in [0.5, 0.6) is 0 Å². The maximum absolute atomic E-state index is 5.76. The first kappa shape index (κ1) is 19.4. The number of morpholine rings is 1. The number of halogens is 2. The molecule has 0 unspecified atom stereocenters. The van der Waals surface area contributed by atoms with E-state index in [0.717, 1.165) is 50.9 Å². The third-order valence-corrected chi connectivity index (χ3v) is 3.52. The maximum Gasteiger partial charge on any atom is 0.191 e. The van der Waals surface area contributed by atoms with Crippen LogP contribution in [-0.2, 0) is 11.3 Å². The van der Waals surface area contributed by atoms with Crippen LogP contribution < -0.4 is 10.6 Å². The summed E-state index contributed by atoms with van der Waals surface area (Å²) < 4.78 is 5.33. The van der Waals surface area contributed by atoms with Gasteiger partial charge in [0.15, 0.2) is 5.96 Å². The predicted octanol–water partition coefficient (Wildman–Crippen LogP) is 1.35.